The van der Waals surface area contributed by atoms with Crippen LogP contribution in [0.1, 0.15) is 5.56 Å². The standard InChI is InChI=1S/C14H12N2O2/c17-11-18-10-12-6-4-5-9-14(12)16-15-13-7-2-1-3-8-13/h1-9,11H,10H2. The van der Waals surface area contributed by atoms with E-state index in [1.165, 1.54) is 0 Å². The van der Waals surface area contributed by atoms with Gasteiger partial charge in [-0.05, 0) is 18.2 Å². The predicted molar refractivity (Wildman–Crippen MR) is 67.9 cm³/mol. The highest BCUT2D eigenvalue weighted by Gasteiger charge is 2.00. The molecule has 0 aliphatic rings. The Morgan fingerprint density at radius 2 is 1.67 bits per heavy atom. The highest BCUT2D eigenvalue weighted by molar-refractivity contribution is 5.47. The van der Waals surface area contributed by atoms with Crippen molar-refractivity contribution in [3.8, 4) is 0 Å². The van der Waals surface area contributed by atoms with Gasteiger partial charge in [-0.15, -0.1) is 0 Å². The molecule has 0 aromatic heterocycles. The van der Waals surface area contributed by atoms with Crippen molar-refractivity contribution in [3.05, 3.63) is 60.2 Å². The highest BCUT2D eigenvalue weighted by atomic mass is 16.5. The molecule has 2 aromatic rings. The third-order valence-corrected chi connectivity index (χ3v) is 2.33. The molecule has 0 saturated carbocycles. The zero-order chi connectivity index (χ0) is 12.6. The first-order valence-electron chi connectivity index (χ1n) is 5.50. The van der Waals surface area contributed by atoms with Gasteiger partial charge in [0.1, 0.15) is 6.61 Å². The van der Waals surface area contributed by atoms with Gasteiger partial charge < -0.3 is 4.74 Å². The molecule has 0 radical (unpaired) electrons. The lowest BCUT2D eigenvalue weighted by Gasteiger charge is -2.02. The molecular weight excluding hydrogens is 228 g/mol. The molecule has 0 N–H and O–H groups in total. The van der Waals surface area contributed by atoms with Crippen LogP contribution in [0.25, 0.3) is 0 Å². The molecule has 0 amide bonds. The van der Waals surface area contributed by atoms with E-state index in [0.29, 0.717) is 12.2 Å². The quantitative estimate of drug-likeness (QED) is 0.590. The van der Waals surface area contributed by atoms with Gasteiger partial charge in [-0.25, -0.2) is 0 Å². The van der Waals surface area contributed by atoms with Crippen LogP contribution in [0.2, 0.25) is 0 Å². The topological polar surface area (TPSA) is 51.0 Å². The minimum absolute atomic E-state index is 0.202. The second kappa shape index (κ2) is 6.30. The van der Waals surface area contributed by atoms with E-state index in [2.05, 4.69) is 10.2 Å². The molecule has 0 fully saturated rings. The maximum Gasteiger partial charge on any atom is 0.293 e. The zero-order valence-electron chi connectivity index (χ0n) is 9.69. The largest absolute Gasteiger partial charge is 0.463 e. The summed E-state index contributed by atoms with van der Waals surface area (Å²) < 4.78 is 4.73. The Kier molecular flexibility index (Phi) is 4.19. The van der Waals surface area contributed by atoms with Crippen molar-refractivity contribution in [3.63, 3.8) is 0 Å². The van der Waals surface area contributed by atoms with Crippen molar-refractivity contribution in [2.24, 2.45) is 10.2 Å². The van der Waals surface area contributed by atoms with Gasteiger partial charge in [-0.3, -0.25) is 4.79 Å². The van der Waals surface area contributed by atoms with Gasteiger partial charge in [0.05, 0.1) is 11.4 Å². The third kappa shape index (κ3) is 3.25. The third-order valence-electron chi connectivity index (χ3n) is 2.33. The zero-order valence-corrected chi connectivity index (χ0v) is 9.69. The summed E-state index contributed by atoms with van der Waals surface area (Å²) in [6, 6.07) is 16.9. The molecule has 4 heteroatoms. The summed E-state index contributed by atoms with van der Waals surface area (Å²) in [4.78, 5) is 10.2. The van der Waals surface area contributed by atoms with Crippen LogP contribution in [0.3, 0.4) is 0 Å². The van der Waals surface area contributed by atoms with Crippen LogP contribution in [0.5, 0.6) is 0 Å². The Hall–Kier alpha value is -2.49. The van der Waals surface area contributed by atoms with Crippen LogP contribution >= 0.6 is 0 Å². The highest BCUT2D eigenvalue weighted by Crippen LogP contribution is 2.22. The van der Waals surface area contributed by atoms with Crippen molar-refractivity contribution >= 4 is 17.8 Å². The first-order chi connectivity index (χ1) is 8.90. The number of carbonyl (C=O) groups excluding carboxylic acids is 1. The van der Waals surface area contributed by atoms with Gasteiger partial charge in [-0.1, -0.05) is 36.4 Å². The first-order valence-corrected chi connectivity index (χ1v) is 5.50. The smallest absolute Gasteiger partial charge is 0.293 e. The maximum atomic E-state index is 10.2. The first kappa shape index (κ1) is 12.0. The maximum absolute atomic E-state index is 10.2. The summed E-state index contributed by atoms with van der Waals surface area (Å²) >= 11 is 0. The van der Waals surface area contributed by atoms with Crippen LogP contribution in [-0.4, -0.2) is 6.47 Å². The predicted octanol–water partition coefficient (Wildman–Crippen LogP) is 3.78. The van der Waals surface area contributed by atoms with Crippen LogP contribution < -0.4 is 0 Å². The Labute approximate surface area is 105 Å². The fourth-order valence-corrected chi connectivity index (χ4v) is 1.46. The van der Waals surface area contributed by atoms with E-state index in [0.717, 1.165) is 11.3 Å². The average molecular weight is 240 g/mol. The lowest BCUT2D eigenvalue weighted by molar-refractivity contribution is -0.129. The normalized spacial score (nSPS) is 10.4. The minimum Gasteiger partial charge on any atom is -0.463 e. The van der Waals surface area contributed by atoms with E-state index < -0.39 is 0 Å². The van der Waals surface area contributed by atoms with Gasteiger partial charge in [0.15, 0.2) is 0 Å². The van der Waals surface area contributed by atoms with E-state index >= 15 is 0 Å². The molecule has 0 heterocycles. The van der Waals surface area contributed by atoms with Gasteiger partial charge in [0.2, 0.25) is 0 Å². The van der Waals surface area contributed by atoms with Crippen LogP contribution in [0.15, 0.2) is 64.8 Å². The summed E-state index contributed by atoms with van der Waals surface area (Å²) in [5.41, 5.74) is 2.30. The monoisotopic (exact) mass is 240 g/mol. The molecule has 0 saturated heterocycles. The van der Waals surface area contributed by atoms with Crippen LogP contribution in [-0.2, 0) is 16.1 Å². The molecule has 4 nitrogen and oxygen atoms in total. The molecule has 2 rings (SSSR count). The fourth-order valence-electron chi connectivity index (χ4n) is 1.46. The van der Waals surface area contributed by atoms with E-state index in [1.54, 1.807) is 0 Å². The summed E-state index contributed by atoms with van der Waals surface area (Å²) in [6.45, 7) is 0.624. The van der Waals surface area contributed by atoms with Gasteiger partial charge in [0, 0.05) is 5.56 Å². The molecular formula is C14H12N2O2. The van der Waals surface area contributed by atoms with Crippen LogP contribution in [0.4, 0.5) is 11.4 Å². The lowest BCUT2D eigenvalue weighted by atomic mass is 10.2. The van der Waals surface area contributed by atoms with E-state index in [9.17, 15) is 4.79 Å². The van der Waals surface area contributed by atoms with E-state index in [-0.39, 0.29) is 6.61 Å². The molecule has 90 valence electrons. The van der Waals surface area contributed by atoms with Crippen molar-refractivity contribution in [1.82, 2.24) is 0 Å². The fraction of sp³-hybridized carbons (Fsp3) is 0.0714. The minimum atomic E-state index is 0.202. The molecule has 0 unspecified atom stereocenters. The van der Waals surface area contributed by atoms with Crippen LogP contribution in [0, 0.1) is 0 Å². The van der Waals surface area contributed by atoms with Gasteiger partial charge in [0.25, 0.3) is 6.47 Å². The second-order valence-electron chi connectivity index (χ2n) is 3.57. The summed E-state index contributed by atoms with van der Waals surface area (Å²) in [7, 11) is 0. The van der Waals surface area contributed by atoms with Crippen molar-refractivity contribution in [2.45, 2.75) is 6.61 Å². The van der Waals surface area contributed by atoms with E-state index in [1.807, 2.05) is 54.6 Å². The molecule has 0 spiro atoms. The summed E-state index contributed by atoms with van der Waals surface area (Å²) in [6.07, 6.45) is 0. The Morgan fingerprint density at radius 3 is 2.44 bits per heavy atom. The van der Waals surface area contributed by atoms with Crippen molar-refractivity contribution < 1.29 is 9.53 Å². The molecule has 0 atom stereocenters. The molecule has 0 bridgehead atoms. The number of benzene rings is 2. The molecule has 2 aromatic carbocycles. The second-order valence-corrected chi connectivity index (χ2v) is 3.57. The number of hydrogen-bond donors (Lipinski definition) is 0. The molecule has 18 heavy (non-hydrogen) atoms. The SMILES string of the molecule is O=COCc1ccccc1N=Nc1ccccc1. The lowest BCUT2D eigenvalue weighted by Crippen LogP contribution is -1.89. The molecule has 0 aliphatic heterocycles. The van der Waals surface area contributed by atoms with Gasteiger partial charge in [-0.2, -0.15) is 10.2 Å². The van der Waals surface area contributed by atoms with Crippen molar-refractivity contribution in [2.75, 3.05) is 0 Å². The Morgan fingerprint density at radius 1 is 0.944 bits per heavy atom. The van der Waals surface area contributed by atoms with E-state index in [4.69, 9.17) is 4.74 Å². The number of azo groups is 1. The van der Waals surface area contributed by atoms with Crippen molar-refractivity contribution in [1.29, 1.82) is 0 Å². The molecule has 0 aliphatic carbocycles. The number of rotatable bonds is 5. The van der Waals surface area contributed by atoms with Gasteiger partial charge >= 0.3 is 0 Å². The number of hydrogen-bond acceptors (Lipinski definition) is 4. The average Bonchev–Trinajstić information content (AvgIpc) is 2.45. The number of carbonyl (C=O) groups is 1. The number of ether oxygens (including phenoxy) is 1. The number of nitrogens with zero attached hydrogens (tertiary/aromatic N) is 2. The Bertz CT molecular complexity index is 539. The summed E-state index contributed by atoms with van der Waals surface area (Å²) in [5.74, 6) is 0. The Balaban J connectivity index is 2.18. The summed E-state index contributed by atoms with van der Waals surface area (Å²) in [5, 5.41) is 8.28.